The smallest absolute Gasteiger partial charge is 0.221 e. The molecule has 0 aliphatic heterocycles. The maximum atomic E-state index is 10.8. The Balaban J connectivity index is 2.73. The lowest BCUT2D eigenvalue weighted by atomic mass is 10.1. The third kappa shape index (κ3) is 3.58. The summed E-state index contributed by atoms with van der Waals surface area (Å²) in [7, 11) is 0. The van der Waals surface area contributed by atoms with E-state index >= 15 is 0 Å². The average Bonchev–Trinajstić information content (AvgIpc) is 2.01. The van der Waals surface area contributed by atoms with Gasteiger partial charge in [-0.2, -0.15) is 0 Å². The van der Waals surface area contributed by atoms with Crippen molar-refractivity contribution in [3.05, 3.63) is 29.8 Å². The Labute approximate surface area is 84.3 Å². The van der Waals surface area contributed by atoms with Gasteiger partial charge in [0, 0.05) is 18.7 Å². The van der Waals surface area contributed by atoms with Crippen LogP contribution in [0.3, 0.4) is 0 Å². The number of carbonyl (C=O) groups excluding carboxylic acids is 1. The SMILES string of the molecule is CC(=O)Nc1cccc(C[C@@H](C)N)c1. The van der Waals surface area contributed by atoms with Crippen LogP contribution in [0.1, 0.15) is 19.4 Å². The van der Waals surface area contributed by atoms with Crippen LogP contribution < -0.4 is 11.1 Å². The number of anilines is 1. The maximum absolute atomic E-state index is 10.8. The number of nitrogens with two attached hydrogens (primary N) is 1. The first-order chi connectivity index (χ1) is 6.58. The number of carbonyl (C=O) groups is 1. The van der Waals surface area contributed by atoms with Crippen LogP contribution in [0.15, 0.2) is 24.3 Å². The van der Waals surface area contributed by atoms with E-state index in [9.17, 15) is 4.79 Å². The van der Waals surface area contributed by atoms with E-state index in [1.54, 1.807) is 0 Å². The normalized spacial score (nSPS) is 12.2. The third-order valence-corrected chi connectivity index (χ3v) is 1.81. The summed E-state index contributed by atoms with van der Waals surface area (Å²) in [5.41, 5.74) is 7.66. The minimum atomic E-state index is -0.0528. The van der Waals surface area contributed by atoms with Gasteiger partial charge in [-0.15, -0.1) is 0 Å². The summed E-state index contributed by atoms with van der Waals surface area (Å²) in [5.74, 6) is -0.0528. The Hall–Kier alpha value is -1.35. The van der Waals surface area contributed by atoms with Crippen molar-refractivity contribution in [2.45, 2.75) is 26.3 Å². The van der Waals surface area contributed by atoms with Gasteiger partial charge in [-0.05, 0) is 31.0 Å². The Bertz CT molecular complexity index is 321. The van der Waals surface area contributed by atoms with E-state index < -0.39 is 0 Å². The third-order valence-electron chi connectivity index (χ3n) is 1.81. The van der Waals surface area contributed by atoms with Crippen molar-refractivity contribution in [3.63, 3.8) is 0 Å². The highest BCUT2D eigenvalue weighted by Crippen LogP contribution is 2.11. The zero-order chi connectivity index (χ0) is 10.6. The molecule has 0 unspecified atom stereocenters. The van der Waals surface area contributed by atoms with Crippen molar-refractivity contribution in [2.75, 3.05) is 5.32 Å². The number of hydrogen-bond acceptors (Lipinski definition) is 2. The van der Waals surface area contributed by atoms with Gasteiger partial charge < -0.3 is 11.1 Å². The fraction of sp³-hybridized carbons (Fsp3) is 0.364. The summed E-state index contributed by atoms with van der Waals surface area (Å²) in [4.78, 5) is 10.8. The van der Waals surface area contributed by atoms with E-state index in [1.165, 1.54) is 6.92 Å². The molecule has 0 spiro atoms. The average molecular weight is 192 g/mol. The topological polar surface area (TPSA) is 55.1 Å². The van der Waals surface area contributed by atoms with Crippen molar-refractivity contribution >= 4 is 11.6 Å². The first-order valence-electron chi connectivity index (χ1n) is 4.70. The molecule has 3 N–H and O–H groups in total. The maximum Gasteiger partial charge on any atom is 0.221 e. The molecule has 0 aliphatic rings. The Kier molecular flexibility index (Phi) is 3.65. The van der Waals surface area contributed by atoms with Crippen LogP contribution in [-0.4, -0.2) is 11.9 Å². The standard InChI is InChI=1S/C11H16N2O/c1-8(12)6-10-4-3-5-11(7-10)13-9(2)14/h3-5,7-8H,6,12H2,1-2H3,(H,13,14)/t8-/m1/s1. The summed E-state index contributed by atoms with van der Waals surface area (Å²) in [6.07, 6.45) is 0.827. The predicted octanol–water partition coefficient (Wildman–Crippen LogP) is 1.53. The molecule has 3 heteroatoms. The molecule has 76 valence electrons. The molecule has 3 nitrogen and oxygen atoms in total. The van der Waals surface area contributed by atoms with Crippen molar-refractivity contribution < 1.29 is 4.79 Å². The number of nitrogens with one attached hydrogen (secondary N) is 1. The lowest BCUT2D eigenvalue weighted by molar-refractivity contribution is -0.114. The highest BCUT2D eigenvalue weighted by Gasteiger charge is 2.00. The molecule has 1 rings (SSSR count). The van der Waals surface area contributed by atoms with Crippen LogP contribution >= 0.6 is 0 Å². The summed E-state index contributed by atoms with van der Waals surface area (Å²) < 4.78 is 0. The Morgan fingerprint density at radius 1 is 1.57 bits per heavy atom. The molecular weight excluding hydrogens is 176 g/mol. The minimum Gasteiger partial charge on any atom is -0.328 e. The highest BCUT2D eigenvalue weighted by atomic mass is 16.1. The van der Waals surface area contributed by atoms with Crippen LogP contribution in [0, 0.1) is 0 Å². The molecule has 0 fully saturated rings. The first kappa shape index (κ1) is 10.7. The van der Waals surface area contributed by atoms with Gasteiger partial charge in [0.15, 0.2) is 0 Å². The first-order valence-corrected chi connectivity index (χ1v) is 4.70. The van der Waals surface area contributed by atoms with Crippen LogP contribution in [0.2, 0.25) is 0 Å². The van der Waals surface area contributed by atoms with Crippen molar-refractivity contribution in [1.29, 1.82) is 0 Å². The lowest BCUT2D eigenvalue weighted by Crippen LogP contribution is -2.17. The monoisotopic (exact) mass is 192 g/mol. The quantitative estimate of drug-likeness (QED) is 0.763. The van der Waals surface area contributed by atoms with Gasteiger partial charge in [0.25, 0.3) is 0 Å². The van der Waals surface area contributed by atoms with Crippen LogP contribution in [-0.2, 0) is 11.2 Å². The second kappa shape index (κ2) is 4.77. The second-order valence-electron chi connectivity index (χ2n) is 3.56. The molecule has 0 heterocycles. The predicted molar refractivity (Wildman–Crippen MR) is 58.1 cm³/mol. The van der Waals surface area contributed by atoms with Gasteiger partial charge in [-0.1, -0.05) is 12.1 Å². The Morgan fingerprint density at radius 3 is 2.86 bits per heavy atom. The summed E-state index contributed by atoms with van der Waals surface area (Å²) in [6, 6.07) is 7.89. The van der Waals surface area contributed by atoms with Gasteiger partial charge in [-0.3, -0.25) is 4.79 Å². The van der Waals surface area contributed by atoms with Gasteiger partial charge in [0.1, 0.15) is 0 Å². The number of rotatable bonds is 3. The molecular formula is C11H16N2O. The van der Waals surface area contributed by atoms with E-state index in [1.807, 2.05) is 31.2 Å². The van der Waals surface area contributed by atoms with Crippen LogP contribution in [0.25, 0.3) is 0 Å². The van der Waals surface area contributed by atoms with Gasteiger partial charge >= 0.3 is 0 Å². The fourth-order valence-electron chi connectivity index (χ4n) is 1.35. The van der Waals surface area contributed by atoms with Crippen molar-refractivity contribution in [1.82, 2.24) is 0 Å². The molecule has 1 aromatic rings. The van der Waals surface area contributed by atoms with E-state index in [2.05, 4.69) is 5.32 Å². The molecule has 0 saturated carbocycles. The van der Waals surface area contributed by atoms with Gasteiger partial charge in [0.05, 0.1) is 0 Å². The van der Waals surface area contributed by atoms with E-state index in [0.29, 0.717) is 0 Å². The molecule has 0 radical (unpaired) electrons. The molecule has 0 saturated heterocycles. The van der Waals surface area contributed by atoms with Crippen LogP contribution in [0.4, 0.5) is 5.69 Å². The number of amides is 1. The van der Waals surface area contributed by atoms with Crippen molar-refractivity contribution in [3.8, 4) is 0 Å². The number of benzene rings is 1. The zero-order valence-electron chi connectivity index (χ0n) is 8.58. The highest BCUT2D eigenvalue weighted by molar-refractivity contribution is 5.88. The minimum absolute atomic E-state index is 0.0528. The zero-order valence-corrected chi connectivity index (χ0v) is 8.58. The molecule has 0 aromatic heterocycles. The second-order valence-corrected chi connectivity index (χ2v) is 3.56. The van der Waals surface area contributed by atoms with E-state index in [4.69, 9.17) is 5.73 Å². The van der Waals surface area contributed by atoms with E-state index in [0.717, 1.165) is 17.7 Å². The van der Waals surface area contributed by atoms with Crippen molar-refractivity contribution in [2.24, 2.45) is 5.73 Å². The van der Waals surface area contributed by atoms with E-state index in [-0.39, 0.29) is 11.9 Å². The largest absolute Gasteiger partial charge is 0.328 e. The molecule has 0 bridgehead atoms. The molecule has 0 aliphatic carbocycles. The van der Waals surface area contributed by atoms with Gasteiger partial charge in [-0.25, -0.2) is 0 Å². The Morgan fingerprint density at radius 2 is 2.29 bits per heavy atom. The van der Waals surface area contributed by atoms with Gasteiger partial charge in [0.2, 0.25) is 5.91 Å². The number of hydrogen-bond donors (Lipinski definition) is 2. The molecule has 1 amide bonds. The lowest BCUT2D eigenvalue weighted by Gasteiger charge is -2.07. The summed E-state index contributed by atoms with van der Waals surface area (Å²) in [6.45, 7) is 3.46. The molecule has 14 heavy (non-hydrogen) atoms. The molecule has 1 aromatic carbocycles. The summed E-state index contributed by atoms with van der Waals surface area (Å²) in [5, 5.41) is 2.74. The fourth-order valence-corrected chi connectivity index (χ4v) is 1.35. The molecule has 1 atom stereocenters. The van der Waals surface area contributed by atoms with Crippen LogP contribution in [0.5, 0.6) is 0 Å². The summed E-state index contributed by atoms with van der Waals surface area (Å²) >= 11 is 0.